The number of nitrogen functional groups attached to an aromatic ring is 1. The summed E-state index contributed by atoms with van der Waals surface area (Å²) in [5.41, 5.74) is 7.30. The predicted octanol–water partition coefficient (Wildman–Crippen LogP) is 3.02. The number of benzene rings is 1. The number of nitrogens with zero attached hydrogens (tertiary/aromatic N) is 2. The second-order valence-corrected chi connectivity index (χ2v) is 4.03. The van der Waals surface area contributed by atoms with Crippen LogP contribution >= 0.6 is 11.6 Å². The van der Waals surface area contributed by atoms with E-state index in [-0.39, 0.29) is 0 Å². The van der Waals surface area contributed by atoms with Crippen LogP contribution in [0.1, 0.15) is 0 Å². The molecule has 3 nitrogen and oxygen atoms in total. The van der Waals surface area contributed by atoms with Gasteiger partial charge in [-0.15, -0.1) is 0 Å². The van der Waals surface area contributed by atoms with E-state index in [9.17, 15) is 0 Å². The zero-order valence-electron chi connectivity index (χ0n) is 8.31. The van der Waals surface area contributed by atoms with Crippen LogP contribution in [0, 0.1) is 0 Å². The van der Waals surface area contributed by atoms with Crippen LogP contribution in [-0.4, -0.2) is 9.97 Å². The molecule has 16 heavy (non-hydrogen) atoms. The molecule has 2 aromatic heterocycles. The third-order valence-electron chi connectivity index (χ3n) is 2.52. The molecule has 3 rings (SSSR count). The van der Waals surface area contributed by atoms with Crippen molar-refractivity contribution in [2.24, 2.45) is 0 Å². The molecule has 3 aromatic rings. The van der Waals surface area contributed by atoms with Crippen molar-refractivity contribution >= 4 is 39.2 Å². The highest BCUT2D eigenvalue weighted by atomic mass is 35.5. The Morgan fingerprint density at radius 2 is 1.75 bits per heavy atom. The molecule has 0 bridgehead atoms. The maximum Gasteiger partial charge on any atom is 0.124 e. The molecule has 0 saturated carbocycles. The maximum absolute atomic E-state index is 5.92. The van der Waals surface area contributed by atoms with Crippen molar-refractivity contribution < 1.29 is 0 Å². The molecule has 4 heteroatoms. The van der Waals surface area contributed by atoms with Crippen molar-refractivity contribution in [3.8, 4) is 0 Å². The van der Waals surface area contributed by atoms with Gasteiger partial charge < -0.3 is 5.73 Å². The fourth-order valence-corrected chi connectivity index (χ4v) is 1.95. The minimum atomic E-state index is 0.502. The highest BCUT2D eigenvalue weighted by Crippen LogP contribution is 2.25. The second-order valence-electron chi connectivity index (χ2n) is 3.59. The van der Waals surface area contributed by atoms with E-state index < -0.39 is 0 Å². The smallest absolute Gasteiger partial charge is 0.124 e. The van der Waals surface area contributed by atoms with E-state index in [1.54, 1.807) is 12.3 Å². The highest BCUT2D eigenvalue weighted by Gasteiger charge is 2.03. The van der Waals surface area contributed by atoms with Gasteiger partial charge in [0.2, 0.25) is 0 Å². The molecule has 0 aliphatic rings. The topological polar surface area (TPSA) is 51.8 Å². The quantitative estimate of drug-likeness (QED) is 0.603. The van der Waals surface area contributed by atoms with Crippen LogP contribution in [0.25, 0.3) is 21.8 Å². The molecule has 0 aliphatic carbocycles. The number of pyridine rings is 2. The lowest BCUT2D eigenvalue weighted by Crippen LogP contribution is -1.91. The van der Waals surface area contributed by atoms with E-state index in [1.807, 2.05) is 24.3 Å². The Hall–Kier alpha value is -1.87. The predicted molar refractivity (Wildman–Crippen MR) is 66.5 cm³/mol. The van der Waals surface area contributed by atoms with Gasteiger partial charge in [0.1, 0.15) is 5.82 Å². The molecule has 78 valence electrons. The Kier molecular flexibility index (Phi) is 1.94. The minimum Gasteiger partial charge on any atom is -0.384 e. The molecular formula is C12H8ClN3. The Labute approximate surface area is 96.9 Å². The maximum atomic E-state index is 5.92. The highest BCUT2D eigenvalue weighted by molar-refractivity contribution is 6.31. The summed E-state index contributed by atoms with van der Waals surface area (Å²) >= 11 is 5.92. The molecule has 0 atom stereocenters. The minimum absolute atomic E-state index is 0.502. The Balaban J connectivity index is 2.50. The molecule has 0 unspecified atom stereocenters. The van der Waals surface area contributed by atoms with E-state index in [4.69, 9.17) is 17.3 Å². The van der Waals surface area contributed by atoms with E-state index in [2.05, 4.69) is 9.97 Å². The van der Waals surface area contributed by atoms with Crippen LogP contribution in [0.5, 0.6) is 0 Å². The number of rotatable bonds is 0. The summed E-state index contributed by atoms with van der Waals surface area (Å²) in [4.78, 5) is 8.54. The molecule has 2 N–H and O–H groups in total. The number of anilines is 1. The van der Waals surface area contributed by atoms with Crippen molar-refractivity contribution in [2.75, 3.05) is 5.73 Å². The van der Waals surface area contributed by atoms with Crippen molar-refractivity contribution in [3.63, 3.8) is 0 Å². The number of fused-ring (bicyclic) bond motifs is 3. The summed E-state index contributed by atoms with van der Waals surface area (Å²) in [7, 11) is 0. The van der Waals surface area contributed by atoms with E-state index >= 15 is 0 Å². The number of hydrogen-bond acceptors (Lipinski definition) is 3. The Morgan fingerprint density at radius 3 is 2.62 bits per heavy atom. The average molecular weight is 230 g/mol. The summed E-state index contributed by atoms with van der Waals surface area (Å²) in [6.45, 7) is 0. The van der Waals surface area contributed by atoms with Crippen LogP contribution in [0.4, 0.5) is 5.82 Å². The van der Waals surface area contributed by atoms with Gasteiger partial charge in [0.15, 0.2) is 0 Å². The van der Waals surface area contributed by atoms with Crippen molar-refractivity contribution in [1.82, 2.24) is 9.97 Å². The summed E-state index contributed by atoms with van der Waals surface area (Å²) in [5, 5.41) is 2.76. The Bertz CT molecular complexity index is 633. The van der Waals surface area contributed by atoms with Gasteiger partial charge in [-0.25, -0.2) is 4.98 Å². The lowest BCUT2D eigenvalue weighted by Gasteiger charge is -2.03. The number of aromatic nitrogens is 2. The number of hydrogen-bond donors (Lipinski definition) is 1. The van der Waals surface area contributed by atoms with E-state index in [0.29, 0.717) is 10.8 Å². The van der Waals surface area contributed by atoms with Gasteiger partial charge in [-0.05, 0) is 24.3 Å². The van der Waals surface area contributed by atoms with Gasteiger partial charge in [-0.1, -0.05) is 17.7 Å². The van der Waals surface area contributed by atoms with E-state index in [0.717, 1.165) is 21.8 Å². The zero-order chi connectivity index (χ0) is 11.1. The lowest BCUT2D eigenvalue weighted by molar-refractivity contribution is 1.36. The number of halogens is 1. The van der Waals surface area contributed by atoms with Crippen LogP contribution in [0.3, 0.4) is 0 Å². The second kappa shape index (κ2) is 3.32. The molecule has 1 aromatic carbocycles. The normalized spacial score (nSPS) is 11.1. The first-order valence-electron chi connectivity index (χ1n) is 4.84. The molecule has 0 radical (unpaired) electrons. The number of nitrogens with two attached hydrogens (primary N) is 1. The molecule has 0 aliphatic heterocycles. The first-order valence-corrected chi connectivity index (χ1v) is 5.22. The molecule has 0 amide bonds. The summed E-state index contributed by atoms with van der Waals surface area (Å²) in [6, 6.07) is 9.38. The van der Waals surface area contributed by atoms with Gasteiger partial charge in [0.05, 0.1) is 17.2 Å². The first kappa shape index (κ1) is 9.36. The van der Waals surface area contributed by atoms with Crippen LogP contribution in [-0.2, 0) is 0 Å². The van der Waals surface area contributed by atoms with Gasteiger partial charge in [0, 0.05) is 15.8 Å². The Morgan fingerprint density at radius 1 is 1.00 bits per heavy atom. The summed E-state index contributed by atoms with van der Waals surface area (Å²) < 4.78 is 0. The average Bonchev–Trinajstić information content (AvgIpc) is 2.28. The lowest BCUT2D eigenvalue weighted by atomic mass is 10.1. The van der Waals surface area contributed by atoms with Gasteiger partial charge >= 0.3 is 0 Å². The first-order chi connectivity index (χ1) is 7.74. The fourth-order valence-electron chi connectivity index (χ4n) is 1.79. The SMILES string of the molecule is Nc1ccc2c(cnc3cc(Cl)ccc32)n1. The van der Waals surface area contributed by atoms with Gasteiger partial charge in [-0.2, -0.15) is 0 Å². The molecule has 0 spiro atoms. The van der Waals surface area contributed by atoms with Crippen LogP contribution in [0.15, 0.2) is 36.5 Å². The van der Waals surface area contributed by atoms with Crippen molar-refractivity contribution in [3.05, 3.63) is 41.6 Å². The fraction of sp³-hybridized carbons (Fsp3) is 0. The van der Waals surface area contributed by atoms with Crippen LogP contribution < -0.4 is 5.73 Å². The zero-order valence-corrected chi connectivity index (χ0v) is 9.07. The third-order valence-corrected chi connectivity index (χ3v) is 2.76. The molecule has 2 heterocycles. The largest absolute Gasteiger partial charge is 0.384 e. The summed E-state index contributed by atoms with van der Waals surface area (Å²) in [6.07, 6.45) is 1.71. The summed E-state index contributed by atoms with van der Waals surface area (Å²) in [5.74, 6) is 0.502. The van der Waals surface area contributed by atoms with Gasteiger partial charge in [0.25, 0.3) is 0 Å². The van der Waals surface area contributed by atoms with Gasteiger partial charge in [-0.3, -0.25) is 4.98 Å². The van der Waals surface area contributed by atoms with E-state index in [1.165, 1.54) is 0 Å². The molecule has 0 fully saturated rings. The monoisotopic (exact) mass is 229 g/mol. The standard InChI is InChI=1S/C12H8ClN3/c13-7-1-2-8-9-3-4-12(14)16-11(9)6-15-10(8)5-7/h1-6H,(H2,14,16). The third kappa shape index (κ3) is 1.37. The van der Waals surface area contributed by atoms with Crippen molar-refractivity contribution in [2.45, 2.75) is 0 Å². The molecule has 0 saturated heterocycles. The van der Waals surface area contributed by atoms with Crippen molar-refractivity contribution in [1.29, 1.82) is 0 Å². The molecular weight excluding hydrogens is 222 g/mol. The van der Waals surface area contributed by atoms with Crippen LogP contribution in [0.2, 0.25) is 5.02 Å².